The predicted molar refractivity (Wildman–Crippen MR) is 120 cm³/mol. The summed E-state index contributed by atoms with van der Waals surface area (Å²) in [6.45, 7) is 10.6. The number of hydrogen-bond donors (Lipinski definition) is 1. The first-order chi connectivity index (χ1) is 13.8. The number of hydrogen-bond acceptors (Lipinski definition) is 4. The second kappa shape index (κ2) is 8.82. The van der Waals surface area contributed by atoms with Crippen molar-refractivity contribution in [1.82, 2.24) is 14.9 Å². The maximum atomic E-state index is 13.4. The van der Waals surface area contributed by atoms with Gasteiger partial charge in [-0.1, -0.05) is 49.9 Å². The van der Waals surface area contributed by atoms with Gasteiger partial charge in [0.05, 0.1) is 21.8 Å². The van der Waals surface area contributed by atoms with Crippen LogP contribution in [0.1, 0.15) is 31.9 Å². The highest BCUT2D eigenvalue weighted by atomic mass is 32.2. The third-order valence-electron chi connectivity index (χ3n) is 4.69. The third kappa shape index (κ3) is 4.70. The monoisotopic (exact) mass is 409 g/mol. The van der Waals surface area contributed by atoms with E-state index in [1.54, 1.807) is 10.6 Å². The molecule has 3 rings (SSSR count). The Hall–Kier alpha value is -2.60. The number of nitrogens with zero attached hydrogens (tertiary/aromatic N) is 2. The van der Waals surface area contributed by atoms with Crippen LogP contribution >= 0.6 is 11.8 Å². The number of benzene rings is 2. The lowest BCUT2D eigenvalue weighted by Gasteiger charge is -2.18. The fraction of sp³-hybridized carbons (Fsp3) is 0.348. The van der Waals surface area contributed by atoms with Gasteiger partial charge in [0.1, 0.15) is 0 Å². The van der Waals surface area contributed by atoms with E-state index in [9.17, 15) is 9.59 Å². The van der Waals surface area contributed by atoms with Crippen LogP contribution in [0, 0.1) is 19.8 Å². The molecule has 1 heterocycles. The normalized spacial score (nSPS) is 12.3. The van der Waals surface area contributed by atoms with Gasteiger partial charge in [0.2, 0.25) is 5.91 Å². The Morgan fingerprint density at radius 1 is 1.14 bits per heavy atom. The molecule has 3 aromatic rings. The Morgan fingerprint density at radius 2 is 1.86 bits per heavy atom. The number of nitrogens with one attached hydrogen (secondary N) is 1. The van der Waals surface area contributed by atoms with E-state index >= 15 is 0 Å². The fourth-order valence-corrected chi connectivity index (χ4v) is 3.97. The van der Waals surface area contributed by atoms with E-state index in [1.165, 1.54) is 11.8 Å². The highest BCUT2D eigenvalue weighted by molar-refractivity contribution is 8.00. The van der Waals surface area contributed by atoms with Gasteiger partial charge in [0.25, 0.3) is 5.56 Å². The van der Waals surface area contributed by atoms with Crippen molar-refractivity contribution in [3.05, 3.63) is 63.9 Å². The fourth-order valence-electron chi connectivity index (χ4n) is 3.02. The molecule has 1 atom stereocenters. The Morgan fingerprint density at radius 3 is 2.59 bits per heavy atom. The number of aromatic nitrogens is 2. The summed E-state index contributed by atoms with van der Waals surface area (Å²) in [5.74, 6) is 0.321. The summed E-state index contributed by atoms with van der Waals surface area (Å²) >= 11 is 1.31. The van der Waals surface area contributed by atoms with Crippen molar-refractivity contribution >= 4 is 28.6 Å². The number of carbonyl (C=O) groups excluding carboxylic acids is 1. The number of aryl methyl sites for hydroxylation is 2. The van der Waals surface area contributed by atoms with E-state index in [1.807, 2.05) is 57.2 Å². The van der Waals surface area contributed by atoms with Crippen molar-refractivity contribution in [3.8, 4) is 5.69 Å². The number of para-hydroxylation sites is 1. The molecule has 1 aromatic heterocycles. The molecule has 0 aliphatic heterocycles. The summed E-state index contributed by atoms with van der Waals surface area (Å²) in [6.07, 6.45) is 0. The SMILES string of the molecule is Cc1ccc(C)c(-n2c(SC(C)C(=O)NCC(C)C)nc3ccccc3c2=O)c1. The smallest absolute Gasteiger partial charge is 0.266 e. The van der Waals surface area contributed by atoms with E-state index in [-0.39, 0.29) is 16.7 Å². The van der Waals surface area contributed by atoms with E-state index < -0.39 is 0 Å². The van der Waals surface area contributed by atoms with Gasteiger partial charge in [-0.25, -0.2) is 4.98 Å². The molecule has 0 bridgehead atoms. The largest absolute Gasteiger partial charge is 0.355 e. The van der Waals surface area contributed by atoms with Gasteiger partial charge in [-0.15, -0.1) is 0 Å². The first-order valence-electron chi connectivity index (χ1n) is 9.81. The second-order valence-electron chi connectivity index (χ2n) is 7.74. The van der Waals surface area contributed by atoms with E-state index in [0.717, 1.165) is 16.8 Å². The van der Waals surface area contributed by atoms with Crippen molar-refractivity contribution in [2.24, 2.45) is 5.92 Å². The Bertz CT molecular complexity index is 1100. The molecule has 5 nitrogen and oxygen atoms in total. The van der Waals surface area contributed by atoms with Crippen molar-refractivity contribution in [3.63, 3.8) is 0 Å². The van der Waals surface area contributed by atoms with Gasteiger partial charge >= 0.3 is 0 Å². The Kier molecular flexibility index (Phi) is 6.42. The summed E-state index contributed by atoms with van der Waals surface area (Å²) in [4.78, 5) is 30.7. The van der Waals surface area contributed by atoms with E-state index in [2.05, 4.69) is 19.2 Å². The third-order valence-corrected chi connectivity index (χ3v) is 5.74. The molecule has 6 heteroatoms. The van der Waals surface area contributed by atoms with E-state index in [4.69, 9.17) is 4.98 Å². The van der Waals surface area contributed by atoms with Crippen LogP contribution in [0.25, 0.3) is 16.6 Å². The molecule has 1 unspecified atom stereocenters. The lowest BCUT2D eigenvalue weighted by molar-refractivity contribution is -0.120. The van der Waals surface area contributed by atoms with Gasteiger partial charge < -0.3 is 5.32 Å². The topological polar surface area (TPSA) is 64.0 Å². The first-order valence-corrected chi connectivity index (χ1v) is 10.7. The van der Waals surface area contributed by atoms with Gasteiger partial charge in [-0.2, -0.15) is 0 Å². The van der Waals surface area contributed by atoms with Gasteiger partial charge in [-0.05, 0) is 56.0 Å². The van der Waals surface area contributed by atoms with Gasteiger partial charge in [0, 0.05) is 6.54 Å². The van der Waals surface area contributed by atoms with Crippen molar-refractivity contribution in [2.45, 2.75) is 45.0 Å². The van der Waals surface area contributed by atoms with Crippen LogP contribution in [-0.4, -0.2) is 27.3 Å². The molecule has 1 amide bonds. The van der Waals surface area contributed by atoms with Crippen LogP contribution in [0.5, 0.6) is 0 Å². The minimum Gasteiger partial charge on any atom is -0.355 e. The number of carbonyl (C=O) groups is 1. The summed E-state index contributed by atoms with van der Waals surface area (Å²) in [5, 5.41) is 3.67. The lowest BCUT2D eigenvalue weighted by Crippen LogP contribution is -2.34. The average Bonchev–Trinajstić information content (AvgIpc) is 2.68. The van der Waals surface area contributed by atoms with Crippen molar-refractivity contribution in [2.75, 3.05) is 6.54 Å². The Balaban J connectivity index is 2.11. The molecule has 2 aromatic carbocycles. The lowest BCUT2D eigenvalue weighted by atomic mass is 10.1. The number of fused-ring (bicyclic) bond motifs is 1. The molecule has 0 radical (unpaired) electrons. The zero-order valence-corrected chi connectivity index (χ0v) is 18.3. The zero-order chi connectivity index (χ0) is 21.1. The molecule has 0 spiro atoms. The first kappa shape index (κ1) is 21.1. The number of thioether (sulfide) groups is 1. The minimum atomic E-state index is -0.377. The molecule has 0 saturated heterocycles. The number of amides is 1. The van der Waals surface area contributed by atoms with E-state index in [0.29, 0.717) is 28.5 Å². The average molecular weight is 410 g/mol. The maximum Gasteiger partial charge on any atom is 0.266 e. The minimum absolute atomic E-state index is 0.0568. The number of rotatable bonds is 6. The van der Waals surface area contributed by atoms with Gasteiger partial charge in [0.15, 0.2) is 5.16 Å². The molecular formula is C23H27N3O2S. The quantitative estimate of drug-likeness (QED) is 0.488. The van der Waals surface area contributed by atoms with Crippen LogP contribution in [0.15, 0.2) is 52.4 Å². The second-order valence-corrected chi connectivity index (χ2v) is 9.05. The van der Waals surface area contributed by atoms with Crippen molar-refractivity contribution in [1.29, 1.82) is 0 Å². The van der Waals surface area contributed by atoms with Crippen LogP contribution < -0.4 is 10.9 Å². The summed E-state index contributed by atoms with van der Waals surface area (Å²) in [5.41, 5.74) is 3.35. The molecular weight excluding hydrogens is 382 g/mol. The molecule has 29 heavy (non-hydrogen) atoms. The molecule has 0 fully saturated rings. The summed E-state index contributed by atoms with van der Waals surface area (Å²) in [6, 6.07) is 13.3. The molecule has 1 N–H and O–H groups in total. The highest BCUT2D eigenvalue weighted by Crippen LogP contribution is 2.27. The van der Waals surface area contributed by atoms with Crippen molar-refractivity contribution < 1.29 is 4.79 Å². The molecule has 0 saturated carbocycles. The maximum absolute atomic E-state index is 13.4. The van der Waals surface area contributed by atoms with Crippen LogP contribution in [-0.2, 0) is 4.79 Å². The molecule has 0 aliphatic carbocycles. The standard InChI is InChI=1S/C23H27N3O2S/c1-14(2)13-24-21(27)17(5)29-23-25-19-9-7-6-8-18(19)22(28)26(23)20-12-15(3)10-11-16(20)4/h6-12,14,17H,13H2,1-5H3,(H,24,27). The predicted octanol–water partition coefficient (Wildman–Crippen LogP) is 4.26. The molecule has 0 aliphatic rings. The van der Waals surface area contributed by atoms with Gasteiger partial charge in [-0.3, -0.25) is 14.2 Å². The molecule has 152 valence electrons. The highest BCUT2D eigenvalue weighted by Gasteiger charge is 2.21. The summed E-state index contributed by atoms with van der Waals surface area (Å²) < 4.78 is 1.64. The Labute approximate surface area is 175 Å². The van der Waals surface area contributed by atoms with Crippen LogP contribution in [0.3, 0.4) is 0 Å². The van der Waals surface area contributed by atoms with Crippen LogP contribution in [0.4, 0.5) is 0 Å². The summed E-state index contributed by atoms with van der Waals surface area (Å²) in [7, 11) is 0. The zero-order valence-electron chi connectivity index (χ0n) is 17.5. The van der Waals surface area contributed by atoms with Crippen LogP contribution in [0.2, 0.25) is 0 Å².